The lowest BCUT2D eigenvalue weighted by atomic mass is 9.66. The summed E-state index contributed by atoms with van der Waals surface area (Å²) < 4.78 is 105. The number of aliphatic hydroxyl groups excluding tert-OH is 2. The van der Waals surface area contributed by atoms with Gasteiger partial charge in [0.1, 0.15) is 23.7 Å². The van der Waals surface area contributed by atoms with Crippen molar-refractivity contribution in [2.75, 3.05) is 25.7 Å². The van der Waals surface area contributed by atoms with Crippen LogP contribution in [0.1, 0.15) is 43.0 Å². The molecule has 0 bridgehead atoms. The number of methoxy groups -OCH3 is 2. The van der Waals surface area contributed by atoms with Crippen molar-refractivity contribution in [2.24, 2.45) is 5.41 Å². The number of aliphatic hydroxyl groups is 2. The van der Waals surface area contributed by atoms with Crippen molar-refractivity contribution >= 4 is 47.0 Å². The van der Waals surface area contributed by atoms with Gasteiger partial charge in [-0.1, -0.05) is 60.7 Å². The van der Waals surface area contributed by atoms with E-state index in [0.717, 1.165) is 62.8 Å². The quantitative estimate of drug-likeness (QED) is 0.0184. The van der Waals surface area contributed by atoms with Crippen LogP contribution in [-0.4, -0.2) is 72.9 Å². The third-order valence-electron chi connectivity index (χ3n) is 11.0. The van der Waals surface area contributed by atoms with Crippen molar-refractivity contribution in [1.29, 1.82) is 0 Å². The number of halogens is 6. The number of benzene rings is 6. The van der Waals surface area contributed by atoms with Gasteiger partial charge in [-0.05, 0) is 132 Å². The smallest absolute Gasteiger partial charge is 0.493 e. The predicted molar refractivity (Wildman–Crippen MR) is 254 cm³/mol. The van der Waals surface area contributed by atoms with Crippen LogP contribution >= 0.6 is 0 Å². The van der Waals surface area contributed by atoms with Gasteiger partial charge in [0.05, 0.1) is 25.3 Å². The summed E-state index contributed by atoms with van der Waals surface area (Å²) in [5.74, 6) is -5.71. The molecule has 380 valence electrons. The average Bonchev–Trinajstić information content (AvgIpc) is 3.35. The molecule has 0 saturated heterocycles. The van der Waals surface area contributed by atoms with Gasteiger partial charge in [0.2, 0.25) is 0 Å². The van der Waals surface area contributed by atoms with Crippen LogP contribution in [-0.2, 0) is 22.4 Å². The first kappa shape index (κ1) is 53.7. The van der Waals surface area contributed by atoms with E-state index < -0.39 is 65.4 Å². The molecule has 2 atom stereocenters. The van der Waals surface area contributed by atoms with Gasteiger partial charge >= 0.3 is 24.7 Å². The monoisotopic (exact) mass is 1010 g/mol. The van der Waals surface area contributed by atoms with Crippen LogP contribution in [0.3, 0.4) is 0 Å². The lowest BCUT2D eigenvalue weighted by molar-refractivity contribution is -0.276. The minimum absolute atomic E-state index is 0.0234. The molecule has 0 aliphatic rings. The zero-order valence-corrected chi connectivity index (χ0v) is 38.5. The molecule has 73 heavy (non-hydrogen) atoms. The molecule has 14 nitrogen and oxygen atoms in total. The van der Waals surface area contributed by atoms with E-state index in [9.17, 15) is 55.7 Å². The molecule has 0 radical (unpaired) electrons. The number of rotatable bonds is 20. The molecule has 0 aliphatic carbocycles. The Balaban J connectivity index is 1.22. The number of hydrogen-bond acceptors (Lipinski definition) is 14. The highest BCUT2D eigenvalue weighted by Gasteiger charge is 2.49. The summed E-state index contributed by atoms with van der Waals surface area (Å²) in [5, 5.41) is 24.3. The average molecular weight is 1010 g/mol. The van der Waals surface area contributed by atoms with Crippen molar-refractivity contribution in [3.63, 3.8) is 0 Å². The van der Waals surface area contributed by atoms with Crippen molar-refractivity contribution in [3.05, 3.63) is 179 Å². The third-order valence-corrected chi connectivity index (χ3v) is 11.0. The molecule has 0 spiro atoms. The molecular formula is C53H44F6N2O12. The van der Waals surface area contributed by atoms with Gasteiger partial charge < -0.3 is 50.1 Å². The van der Waals surface area contributed by atoms with Crippen molar-refractivity contribution in [1.82, 2.24) is 0 Å². The third kappa shape index (κ3) is 14.7. The van der Waals surface area contributed by atoms with E-state index >= 15 is 0 Å². The normalized spacial score (nSPS) is 12.7. The molecule has 0 saturated carbocycles. The highest BCUT2D eigenvalue weighted by molar-refractivity contribution is 6.01. The number of nitrogen functional groups attached to an aromatic ring is 2. The zero-order valence-electron chi connectivity index (χ0n) is 38.5. The predicted octanol–water partition coefficient (Wildman–Crippen LogP) is 9.16. The molecule has 0 aliphatic heterocycles. The number of ether oxygens (including phenoxy) is 6. The van der Waals surface area contributed by atoms with E-state index in [1.165, 1.54) is 60.7 Å². The Morgan fingerprint density at radius 2 is 0.849 bits per heavy atom. The molecule has 20 heteroatoms. The van der Waals surface area contributed by atoms with E-state index in [0.29, 0.717) is 33.6 Å². The summed E-state index contributed by atoms with van der Waals surface area (Å²) in [7, 11) is 2.19. The van der Waals surface area contributed by atoms with E-state index in [4.69, 9.17) is 30.4 Å². The maximum Gasteiger partial charge on any atom is 0.573 e. The minimum atomic E-state index is -5.00. The Hall–Kier alpha value is -8.62. The molecule has 0 heterocycles. The topological polar surface area (TPSA) is 216 Å². The number of carbonyl (C=O) groups is 4. The van der Waals surface area contributed by atoms with Gasteiger partial charge in [0, 0.05) is 16.8 Å². The zero-order chi connectivity index (χ0) is 53.1. The standard InChI is InChI=1S/C53H44F6N2O12/c1-68-45-27-35(13-25-43(45)72-52(54,55)56)49(66)70-39-19-7-31(8-20-39)11-23-41(62)47(64)51(29-33-3-15-37(60)16-4-33,30-34-5-17-38(61)18-6-34)48(65)42(63)24-12-32-9-21-40(22-10-32)71-50(67)36-14-26-44(46(28-36)69-2)73-53(57,58)59/h3-28,47-48,64-65H,29-30,60-61H2,1-2H3/b23-11+,24-12+. The summed E-state index contributed by atoms with van der Waals surface area (Å²) in [6.45, 7) is 0. The molecule has 6 N–H and O–H groups in total. The molecule has 6 aromatic carbocycles. The van der Waals surface area contributed by atoms with Gasteiger partial charge in [-0.2, -0.15) is 0 Å². The summed E-state index contributed by atoms with van der Waals surface area (Å²) >= 11 is 0. The van der Waals surface area contributed by atoms with E-state index in [-0.39, 0.29) is 47.0 Å². The van der Waals surface area contributed by atoms with Crippen LogP contribution in [0.4, 0.5) is 37.7 Å². The van der Waals surface area contributed by atoms with E-state index in [1.807, 2.05) is 0 Å². The van der Waals surface area contributed by atoms with Crippen LogP contribution in [0, 0.1) is 5.41 Å². The Morgan fingerprint density at radius 1 is 0.507 bits per heavy atom. The largest absolute Gasteiger partial charge is 0.573 e. The van der Waals surface area contributed by atoms with Crippen LogP contribution in [0.25, 0.3) is 12.2 Å². The van der Waals surface area contributed by atoms with Crippen molar-refractivity contribution in [2.45, 2.75) is 37.8 Å². The Bertz CT molecular complexity index is 2770. The second-order valence-electron chi connectivity index (χ2n) is 16.1. The molecule has 0 aromatic heterocycles. The Labute approximate surface area is 412 Å². The minimum Gasteiger partial charge on any atom is -0.493 e. The molecule has 6 rings (SSSR count). The SMILES string of the molecule is COc1cc(C(=O)Oc2ccc(/C=C/C(=O)C(O)C(Cc3ccc(N)cc3)(Cc3ccc(N)cc3)C(O)C(=O)/C=C/c3ccc(OC(=O)c4ccc(OC(F)(F)F)c(OC)c4)cc3)cc2)ccc1OC(F)(F)F. The fourth-order valence-electron chi connectivity index (χ4n) is 7.37. The number of alkyl halides is 6. The lowest BCUT2D eigenvalue weighted by Crippen LogP contribution is -2.54. The Morgan fingerprint density at radius 3 is 1.16 bits per heavy atom. The second-order valence-corrected chi connectivity index (χ2v) is 16.1. The number of hydrogen-bond donors (Lipinski definition) is 4. The van der Waals surface area contributed by atoms with Crippen molar-refractivity contribution in [3.8, 4) is 34.5 Å². The highest BCUT2D eigenvalue weighted by atomic mass is 19.4. The number of nitrogens with two attached hydrogens (primary N) is 2. The van der Waals surface area contributed by atoms with Crippen molar-refractivity contribution < 1.29 is 84.2 Å². The van der Waals surface area contributed by atoms with Gasteiger partial charge in [-0.25, -0.2) is 9.59 Å². The maximum absolute atomic E-state index is 14.1. The highest BCUT2D eigenvalue weighted by Crippen LogP contribution is 2.39. The van der Waals surface area contributed by atoms with Gasteiger partial charge in [0.15, 0.2) is 34.6 Å². The second kappa shape index (κ2) is 23.1. The van der Waals surface area contributed by atoms with Crippen LogP contribution < -0.4 is 39.9 Å². The first-order valence-electron chi connectivity index (χ1n) is 21.6. The van der Waals surface area contributed by atoms with Gasteiger partial charge in [-0.3, -0.25) is 9.59 Å². The number of ketones is 2. The molecular weight excluding hydrogens is 971 g/mol. The number of esters is 2. The van der Waals surface area contributed by atoms with Crippen LogP contribution in [0.2, 0.25) is 0 Å². The molecule has 2 unspecified atom stereocenters. The Kier molecular flexibility index (Phi) is 17.0. The number of carbonyl (C=O) groups excluding carboxylic acids is 4. The van der Waals surface area contributed by atoms with Gasteiger partial charge in [-0.15, -0.1) is 26.3 Å². The lowest BCUT2D eigenvalue weighted by Gasteiger charge is -2.40. The molecule has 6 aromatic rings. The maximum atomic E-state index is 14.1. The van der Waals surface area contributed by atoms with E-state index in [1.54, 1.807) is 48.5 Å². The number of anilines is 2. The van der Waals surface area contributed by atoms with E-state index in [2.05, 4.69) is 9.47 Å². The summed E-state index contributed by atoms with van der Waals surface area (Å²) in [5.41, 5.74) is 12.2. The molecule has 0 amide bonds. The summed E-state index contributed by atoms with van der Waals surface area (Å²) in [6.07, 6.45) is -9.76. The fraction of sp³-hybridized carbons (Fsp3) is 0.170. The van der Waals surface area contributed by atoms with Crippen LogP contribution in [0.15, 0.2) is 146 Å². The first-order chi connectivity index (χ1) is 34.5. The van der Waals surface area contributed by atoms with Gasteiger partial charge in [0.25, 0.3) is 0 Å². The molecule has 0 fully saturated rings. The summed E-state index contributed by atoms with van der Waals surface area (Å²) in [6, 6.07) is 30.1. The van der Waals surface area contributed by atoms with Crippen LogP contribution in [0.5, 0.6) is 34.5 Å². The first-order valence-corrected chi connectivity index (χ1v) is 21.6. The summed E-state index contributed by atoms with van der Waals surface area (Å²) in [4.78, 5) is 54.0. The fourth-order valence-corrected chi connectivity index (χ4v) is 7.37.